The predicted octanol–water partition coefficient (Wildman–Crippen LogP) is 9.49. The van der Waals surface area contributed by atoms with E-state index in [1.165, 1.54) is 89.9 Å². The van der Waals surface area contributed by atoms with Gasteiger partial charge in [-0.25, -0.2) is 9.97 Å². The van der Waals surface area contributed by atoms with E-state index in [0.717, 1.165) is 61.4 Å². The second-order valence-electron chi connectivity index (χ2n) is 10.7. The Labute approximate surface area is 227 Å². The number of rotatable bonds is 23. The first-order valence-corrected chi connectivity index (χ1v) is 15.4. The summed E-state index contributed by atoms with van der Waals surface area (Å²) in [5.74, 6) is 1.65. The van der Waals surface area contributed by atoms with Crippen molar-refractivity contribution in [3.8, 4) is 17.1 Å². The number of aliphatic hydroxyl groups is 1. The fraction of sp³-hybridized carbons (Fsp3) is 0.697. The van der Waals surface area contributed by atoms with E-state index >= 15 is 0 Å². The van der Waals surface area contributed by atoms with Gasteiger partial charge in [-0.1, -0.05) is 110 Å². The third kappa shape index (κ3) is 15.2. The van der Waals surface area contributed by atoms with Crippen LogP contribution in [0.25, 0.3) is 11.4 Å². The molecule has 1 heterocycles. The molecule has 0 spiro atoms. The highest BCUT2D eigenvalue weighted by molar-refractivity contribution is 5.55. The van der Waals surface area contributed by atoms with Gasteiger partial charge >= 0.3 is 0 Å². The summed E-state index contributed by atoms with van der Waals surface area (Å²) in [6.45, 7) is 5.30. The molecule has 1 N–H and O–H groups in total. The smallest absolute Gasteiger partial charge is 0.159 e. The first kappa shape index (κ1) is 31.3. The molecule has 0 bridgehead atoms. The maximum atomic E-state index is 10.3. The molecular formula is C33H54N2O2. The Bertz CT molecular complexity index is 776. The van der Waals surface area contributed by atoms with Crippen LogP contribution < -0.4 is 4.74 Å². The van der Waals surface area contributed by atoms with Crippen molar-refractivity contribution in [2.75, 3.05) is 6.61 Å². The number of hydrogen-bond donors (Lipinski definition) is 1. The molecule has 0 unspecified atom stereocenters. The number of aromatic nitrogens is 2. The molecule has 1 atom stereocenters. The zero-order valence-corrected chi connectivity index (χ0v) is 23.9. The molecule has 4 heteroatoms. The molecule has 208 valence electrons. The van der Waals surface area contributed by atoms with Crippen molar-refractivity contribution < 1.29 is 9.84 Å². The summed E-state index contributed by atoms with van der Waals surface area (Å²) in [5.41, 5.74) is 2.09. The molecule has 37 heavy (non-hydrogen) atoms. The second kappa shape index (κ2) is 21.0. The van der Waals surface area contributed by atoms with Crippen LogP contribution in [0.15, 0.2) is 36.7 Å². The molecule has 0 amide bonds. The van der Waals surface area contributed by atoms with Gasteiger partial charge in [0, 0.05) is 18.0 Å². The van der Waals surface area contributed by atoms with Crippen molar-refractivity contribution in [1.82, 2.24) is 9.97 Å². The van der Waals surface area contributed by atoms with Gasteiger partial charge in [-0.05, 0) is 55.5 Å². The lowest BCUT2D eigenvalue weighted by atomic mass is 10.0. The number of aryl methyl sites for hydroxylation is 1. The molecular weight excluding hydrogens is 456 g/mol. The van der Waals surface area contributed by atoms with Crippen molar-refractivity contribution in [1.29, 1.82) is 0 Å². The summed E-state index contributed by atoms with van der Waals surface area (Å²) in [4.78, 5) is 9.12. The number of aliphatic hydroxyl groups excluding tert-OH is 1. The van der Waals surface area contributed by atoms with Crippen LogP contribution in [0.2, 0.25) is 0 Å². The molecule has 0 aliphatic heterocycles. The minimum Gasteiger partial charge on any atom is -0.494 e. The van der Waals surface area contributed by atoms with Crippen molar-refractivity contribution >= 4 is 0 Å². The van der Waals surface area contributed by atoms with Crippen LogP contribution in [0.1, 0.15) is 135 Å². The van der Waals surface area contributed by atoms with E-state index in [1.807, 2.05) is 36.7 Å². The van der Waals surface area contributed by atoms with Gasteiger partial charge in [0.2, 0.25) is 0 Å². The molecule has 4 nitrogen and oxygen atoms in total. The van der Waals surface area contributed by atoms with Crippen LogP contribution in [0.5, 0.6) is 5.75 Å². The summed E-state index contributed by atoms with van der Waals surface area (Å²) in [5, 5.41) is 10.3. The van der Waals surface area contributed by atoms with E-state index in [4.69, 9.17) is 4.74 Å². The molecule has 0 aliphatic carbocycles. The Morgan fingerprint density at radius 2 is 1.16 bits per heavy atom. The summed E-state index contributed by atoms with van der Waals surface area (Å²) in [6, 6.07) is 8.10. The van der Waals surface area contributed by atoms with Gasteiger partial charge in [-0.15, -0.1) is 0 Å². The van der Waals surface area contributed by atoms with Crippen molar-refractivity contribution in [3.05, 3.63) is 42.2 Å². The summed E-state index contributed by atoms with van der Waals surface area (Å²) >= 11 is 0. The summed E-state index contributed by atoms with van der Waals surface area (Å²) in [6.07, 6.45) is 27.0. The SMILES string of the molecule is CCCCCCCCCCCCOc1ccc(-c2ncc(CC[C@H](O)CCCCCCCC)cn2)cc1. The van der Waals surface area contributed by atoms with E-state index in [0.29, 0.717) is 0 Å². The van der Waals surface area contributed by atoms with Gasteiger partial charge in [0.25, 0.3) is 0 Å². The highest BCUT2D eigenvalue weighted by atomic mass is 16.5. The van der Waals surface area contributed by atoms with Gasteiger partial charge in [0.15, 0.2) is 5.82 Å². The Hall–Kier alpha value is -1.94. The molecule has 0 radical (unpaired) electrons. The maximum Gasteiger partial charge on any atom is 0.159 e. The zero-order chi connectivity index (χ0) is 26.4. The normalized spacial score (nSPS) is 12.1. The maximum absolute atomic E-state index is 10.3. The second-order valence-corrected chi connectivity index (χ2v) is 10.7. The van der Waals surface area contributed by atoms with Crippen molar-refractivity contribution in [2.45, 2.75) is 142 Å². The van der Waals surface area contributed by atoms with E-state index in [-0.39, 0.29) is 6.10 Å². The molecule has 2 rings (SSSR count). The Morgan fingerprint density at radius 3 is 1.73 bits per heavy atom. The van der Waals surface area contributed by atoms with Crippen molar-refractivity contribution in [3.63, 3.8) is 0 Å². The van der Waals surface area contributed by atoms with Gasteiger partial charge in [0.05, 0.1) is 12.7 Å². The topological polar surface area (TPSA) is 55.2 Å². The average molecular weight is 511 g/mol. The van der Waals surface area contributed by atoms with E-state index < -0.39 is 0 Å². The summed E-state index contributed by atoms with van der Waals surface area (Å²) < 4.78 is 5.93. The summed E-state index contributed by atoms with van der Waals surface area (Å²) in [7, 11) is 0. The quantitative estimate of drug-likeness (QED) is 0.151. The molecule has 0 fully saturated rings. The fourth-order valence-corrected chi connectivity index (χ4v) is 4.75. The Balaban J connectivity index is 1.57. The lowest BCUT2D eigenvalue weighted by Gasteiger charge is -2.10. The average Bonchev–Trinajstić information content (AvgIpc) is 2.93. The Kier molecular flexibility index (Phi) is 17.8. The first-order valence-electron chi connectivity index (χ1n) is 15.4. The van der Waals surface area contributed by atoms with Crippen LogP contribution in [0.4, 0.5) is 0 Å². The zero-order valence-electron chi connectivity index (χ0n) is 23.9. The number of unbranched alkanes of at least 4 members (excludes halogenated alkanes) is 14. The largest absolute Gasteiger partial charge is 0.494 e. The molecule has 2 aromatic rings. The lowest BCUT2D eigenvalue weighted by molar-refractivity contribution is 0.151. The van der Waals surface area contributed by atoms with Crippen LogP contribution >= 0.6 is 0 Å². The third-order valence-corrected chi connectivity index (χ3v) is 7.24. The number of nitrogens with zero attached hydrogens (tertiary/aromatic N) is 2. The van der Waals surface area contributed by atoms with Gasteiger partial charge in [-0.3, -0.25) is 0 Å². The minimum atomic E-state index is -0.223. The van der Waals surface area contributed by atoms with Gasteiger partial charge in [-0.2, -0.15) is 0 Å². The number of ether oxygens (including phenoxy) is 1. The molecule has 1 aromatic heterocycles. The monoisotopic (exact) mass is 510 g/mol. The standard InChI is InChI=1S/C33H54N2O2/c1-3-5-7-9-11-12-13-14-16-18-26-37-32-24-21-30(22-25-32)33-34-27-29(28-35-33)20-23-31(36)19-17-15-10-8-6-4-2/h21-22,24-25,27-28,31,36H,3-20,23,26H2,1-2H3/t31-/m1/s1. The lowest BCUT2D eigenvalue weighted by Crippen LogP contribution is -2.08. The van der Waals surface area contributed by atoms with E-state index in [2.05, 4.69) is 23.8 Å². The molecule has 0 aliphatic rings. The molecule has 0 saturated carbocycles. The van der Waals surface area contributed by atoms with E-state index in [1.54, 1.807) is 0 Å². The Morgan fingerprint density at radius 1 is 0.649 bits per heavy atom. The highest BCUT2D eigenvalue weighted by Crippen LogP contribution is 2.20. The first-order chi connectivity index (χ1) is 18.2. The van der Waals surface area contributed by atoms with Gasteiger partial charge in [0.1, 0.15) is 5.75 Å². The fourth-order valence-electron chi connectivity index (χ4n) is 4.75. The minimum absolute atomic E-state index is 0.223. The molecule has 0 saturated heterocycles. The number of benzene rings is 1. The number of hydrogen-bond acceptors (Lipinski definition) is 4. The molecule has 1 aromatic carbocycles. The third-order valence-electron chi connectivity index (χ3n) is 7.24. The van der Waals surface area contributed by atoms with Gasteiger partial charge < -0.3 is 9.84 Å². The van der Waals surface area contributed by atoms with Crippen molar-refractivity contribution in [2.24, 2.45) is 0 Å². The van der Waals surface area contributed by atoms with Crippen LogP contribution in [-0.4, -0.2) is 27.8 Å². The highest BCUT2D eigenvalue weighted by Gasteiger charge is 2.07. The predicted molar refractivity (Wildman–Crippen MR) is 157 cm³/mol. The van der Waals surface area contributed by atoms with Crippen LogP contribution in [0, 0.1) is 0 Å². The van der Waals surface area contributed by atoms with Crippen LogP contribution in [-0.2, 0) is 6.42 Å². The van der Waals surface area contributed by atoms with Crippen LogP contribution in [0.3, 0.4) is 0 Å². The van der Waals surface area contributed by atoms with E-state index in [9.17, 15) is 5.11 Å².